The Morgan fingerprint density at radius 3 is 2.23 bits per heavy atom. The molecule has 0 saturated carbocycles. The maximum absolute atomic E-state index is 13.3. The second kappa shape index (κ2) is 12.4. The Kier molecular flexibility index (Phi) is 10.2. The van der Waals surface area contributed by atoms with Crippen LogP contribution < -0.4 is 5.32 Å². The van der Waals surface area contributed by atoms with Crippen LogP contribution in [0.25, 0.3) is 0 Å². The molecule has 1 N–H and O–H groups in total. The van der Waals surface area contributed by atoms with Crippen LogP contribution in [0.4, 0.5) is 0 Å². The molecule has 0 unspecified atom stereocenters. The molecule has 0 aromatic heterocycles. The summed E-state index contributed by atoms with van der Waals surface area (Å²) in [5.74, 6) is 0.359. The van der Waals surface area contributed by atoms with Crippen molar-refractivity contribution in [2.24, 2.45) is 0 Å². The summed E-state index contributed by atoms with van der Waals surface area (Å²) >= 11 is 14.3. The first-order valence-electron chi connectivity index (χ1n) is 10.4. The van der Waals surface area contributed by atoms with Crippen molar-refractivity contribution >= 4 is 46.8 Å². The quantitative estimate of drug-likeness (QED) is 0.416. The summed E-state index contributed by atoms with van der Waals surface area (Å²) in [6.45, 7) is 7.94. The van der Waals surface area contributed by atoms with Crippen LogP contribution in [-0.2, 0) is 16.1 Å². The zero-order valence-corrected chi connectivity index (χ0v) is 20.8. The van der Waals surface area contributed by atoms with Gasteiger partial charge in [-0.1, -0.05) is 53.9 Å². The van der Waals surface area contributed by atoms with Crippen LogP contribution in [0, 0.1) is 6.92 Å². The average molecular weight is 481 g/mol. The summed E-state index contributed by atoms with van der Waals surface area (Å²) in [6.07, 6.45) is 0.809. The fraction of sp³-hybridized carbons (Fsp3) is 0.417. The van der Waals surface area contributed by atoms with E-state index in [1.54, 1.807) is 34.9 Å². The van der Waals surface area contributed by atoms with Gasteiger partial charge in [-0.2, -0.15) is 0 Å². The van der Waals surface area contributed by atoms with Gasteiger partial charge in [0.25, 0.3) is 0 Å². The molecule has 7 heteroatoms. The van der Waals surface area contributed by atoms with Crippen molar-refractivity contribution in [2.75, 3.05) is 5.75 Å². The van der Waals surface area contributed by atoms with Gasteiger partial charge >= 0.3 is 0 Å². The zero-order valence-electron chi connectivity index (χ0n) is 18.5. The van der Waals surface area contributed by atoms with E-state index in [-0.39, 0.29) is 24.4 Å². The first-order chi connectivity index (χ1) is 14.7. The number of carbonyl (C=O) groups excluding carboxylic acids is 2. The number of halogens is 2. The zero-order chi connectivity index (χ0) is 23.0. The maximum Gasteiger partial charge on any atom is 0.243 e. The molecule has 2 aromatic carbocycles. The van der Waals surface area contributed by atoms with E-state index in [0.717, 1.165) is 4.90 Å². The summed E-state index contributed by atoms with van der Waals surface area (Å²) < 4.78 is 0. The maximum atomic E-state index is 13.3. The molecule has 2 amide bonds. The fourth-order valence-electron chi connectivity index (χ4n) is 3.19. The number of benzene rings is 2. The molecule has 0 saturated heterocycles. The number of nitrogens with zero attached hydrogens (tertiary/aromatic N) is 1. The molecule has 0 fully saturated rings. The Morgan fingerprint density at radius 1 is 1.06 bits per heavy atom. The van der Waals surface area contributed by atoms with E-state index in [0.29, 0.717) is 34.2 Å². The molecule has 0 heterocycles. The molecule has 0 radical (unpaired) electrons. The van der Waals surface area contributed by atoms with Crippen LogP contribution in [-0.4, -0.2) is 34.6 Å². The van der Waals surface area contributed by atoms with Gasteiger partial charge < -0.3 is 10.2 Å². The average Bonchev–Trinajstić information content (AvgIpc) is 2.70. The third-order valence-electron chi connectivity index (χ3n) is 4.81. The van der Waals surface area contributed by atoms with Crippen molar-refractivity contribution in [1.82, 2.24) is 10.2 Å². The van der Waals surface area contributed by atoms with E-state index < -0.39 is 6.04 Å². The lowest BCUT2D eigenvalue weighted by Crippen LogP contribution is -2.50. The Hall–Kier alpha value is -1.69. The molecule has 0 bridgehead atoms. The van der Waals surface area contributed by atoms with Gasteiger partial charge in [-0.25, -0.2) is 0 Å². The third-order valence-corrected chi connectivity index (χ3v) is 6.53. The Labute approximate surface area is 199 Å². The molecule has 0 aliphatic heterocycles. The first-order valence-corrected chi connectivity index (χ1v) is 12.2. The highest BCUT2D eigenvalue weighted by Crippen LogP contribution is 2.28. The third kappa shape index (κ3) is 7.74. The molecule has 31 heavy (non-hydrogen) atoms. The topological polar surface area (TPSA) is 49.4 Å². The molecule has 2 rings (SSSR count). The van der Waals surface area contributed by atoms with Gasteiger partial charge in [-0.05, 0) is 51.5 Å². The summed E-state index contributed by atoms with van der Waals surface area (Å²) in [7, 11) is 0. The van der Waals surface area contributed by atoms with E-state index in [9.17, 15) is 9.59 Å². The number of rotatable bonds is 10. The number of carbonyl (C=O) groups is 2. The number of hydrogen-bond donors (Lipinski definition) is 1. The summed E-state index contributed by atoms with van der Waals surface area (Å²) in [5.41, 5.74) is 1.85. The van der Waals surface area contributed by atoms with Crippen LogP contribution in [0.5, 0.6) is 0 Å². The molecular weight excluding hydrogens is 451 g/mol. The molecule has 168 valence electrons. The highest BCUT2D eigenvalue weighted by molar-refractivity contribution is 7.99. The van der Waals surface area contributed by atoms with Gasteiger partial charge in [0.05, 0.1) is 0 Å². The molecule has 0 aliphatic rings. The molecule has 0 aliphatic carbocycles. The van der Waals surface area contributed by atoms with Crippen molar-refractivity contribution in [3.8, 4) is 0 Å². The Balaban J connectivity index is 2.19. The van der Waals surface area contributed by atoms with Crippen LogP contribution >= 0.6 is 35.0 Å². The van der Waals surface area contributed by atoms with Crippen LogP contribution in [0.3, 0.4) is 0 Å². The lowest BCUT2D eigenvalue weighted by atomic mass is 10.1. The molecule has 1 atom stereocenters. The van der Waals surface area contributed by atoms with Gasteiger partial charge in [0.15, 0.2) is 0 Å². The number of nitrogens with one attached hydrogen (secondary N) is 1. The minimum atomic E-state index is -0.591. The highest BCUT2D eigenvalue weighted by Gasteiger charge is 2.29. The van der Waals surface area contributed by atoms with Crippen molar-refractivity contribution in [1.29, 1.82) is 0 Å². The Bertz CT molecular complexity index is 867. The smallest absolute Gasteiger partial charge is 0.243 e. The summed E-state index contributed by atoms with van der Waals surface area (Å²) in [5, 5.41) is 3.90. The SMILES string of the molecule is CC[C@H](C(=O)NC(C)C)N(Cc1c(Cl)cccc1Cl)C(=O)CCSc1ccc(C)cc1. The predicted molar refractivity (Wildman–Crippen MR) is 131 cm³/mol. The predicted octanol–water partition coefficient (Wildman–Crippen LogP) is 6.12. The lowest BCUT2D eigenvalue weighted by molar-refractivity contribution is -0.141. The van der Waals surface area contributed by atoms with E-state index in [4.69, 9.17) is 23.2 Å². The monoisotopic (exact) mass is 480 g/mol. The Morgan fingerprint density at radius 2 is 1.68 bits per heavy atom. The van der Waals surface area contributed by atoms with Crippen LogP contribution in [0.2, 0.25) is 10.0 Å². The van der Waals surface area contributed by atoms with E-state index in [2.05, 4.69) is 29.6 Å². The summed E-state index contributed by atoms with van der Waals surface area (Å²) in [6, 6.07) is 12.9. The standard InChI is InChI=1S/C24H30Cl2N2O2S/c1-5-22(24(30)27-16(2)3)28(15-19-20(25)7-6-8-21(19)26)23(29)13-14-31-18-11-9-17(4)10-12-18/h6-12,16,22H,5,13-15H2,1-4H3,(H,27,30)/t22-/m1/s1. The normalized spacial score (nSPS) is 12.0. The minimum absolute atomic E-state index is 0.0144. The minimum Gasteiger partial charge on any atom is -0.352 e. The van der Waals surface area contributed by atoms with Gasteiger partial charge in [-0.3, -0.25) is 9.59 Å². The summed E-state index contributed by atoms with van der Waals surface area (Å²) in [4.78, 5) is 28.8. The number of aryl methyl sites for hydroxylation is 1. The van der Waals surface area contributed by atoms with Crippen molar-refractivity contribution < 1.29 is 9.59 Å². The first kappa shape index (κ1) is 25.6. The van der Waals surface area contributed by atoms with Crippen molar-refractivity contribution in [3.63, 3.8) is 0 Å². The molecule has 4 nitrogen and oxygen atoms in total. The van der Waals surface area contributed by atoms with E-state index >= 15 is 0 Å². The molecule has 0 spiro atoms. The van der Waals surface area contributed by atoms with Gasteiger partial charge in [-0.15, -0.1) is 11.8 Å². The van der Waals surface area contributed by atoms with Crippen molar-refractivity contribution in [3.05, 3.63) is 63.6 Å². The van der Waals surface area contributed by atoms with Gasteiger partial charge in [0.2, 0.25) is 11.8 Å². The highest BCUT2D eigenvalue weighted by atomic mass is 35.5. The van der Waals surface area contributed by atoms with E-state index in [1.165, 1.54) is 5.56 Å². The van der Waals surface area contributed by atoms with E-state index in [1.807, 2.05) is 27.7 Å². The van der Waals surface area contributed by atoms with Crippen LogP contribution in [0.1, 0.15) is 44.7 Å². The largest absolute Gasteiger partial charge is 0.352 e. The van der Waals surface area contributed by atoms with Gasteiger partial charge in [0.1, 0.15) is 6.04 Å². The number of hydrogen-bond acceptors (Lipinski definition) is 3. The second-order valence-electron chi connectivity index (χ2n) is 7.72. The second-order valence-corrected chi connectivity index (χ2v) is 9.70. The van der Waals surface area contributed by atoms with Crippen LogP contribution in [0.15, 0.2) is 47.4 Å². The molecular formula is C24H30Cl2N2O2S. The molecule has 2 aromatic rings. The van der Waals surface area contributed by atoms with Crippen molar-refractivity contribution in [2.45, 2.75) is 64.1 Å². The number of amides is 2. The number of thioether (sulfide) groups is 1. The van der Waals surface area contributed by atoms with Gasteiger partial charge in [0, 0.05) is 45.3 Å². The fourth-order valence-corrected chi connectivity index (χ4v) is 4.55. The lowest BCUT2D eigenvalue weighted by Gasteiger charge is -2.31.